The minimum absolute atomic E-state index is 0.0191. The molecule has 0 bridgehead atoms. The van der Waals surface area contributed by atoms with Gasteiger partial charge in [0.15, 0.2) is 6.61 Å². The summed E-state index contributed by atoms with van der Waals surface area (Å²) >= 11 is 3.30. The van der Waals surface area contributed by atoms with Gasteiger partial charge < -0.3 is 14.6 Å². The van der Waals surface area contributed by atoms with Crippen LogP contribution >= 0.6 is 15.9 Å². The summed E-state index contributed by atoms with van der Waals surface area (Å²) in [5.41, 5.74) is 1.31. The maximum atomic E-state index is 12.4. The molecule has 0 saturated heterocycles. The third kappa shape index (κ3) is 4.77. The van der Waals surface area contributed by atoms with E-state index in [1.165, 1.54) is 12.1 Å². The van der Waals surface area contributed by atoms with E-state index in [1.54, 1.807) is 29.8 Å². The highest BCUT2D eigenvalue weighted by Gasteiger charge is 2.29. The Labute approximate surface area is 145 Å². The average molecular weight is 405 g/mol. The number of alkyl halides is 3. The summed E-state index contributed by atoms with van der Waals surface area (Å²) in [6, 6.07) is 6.30. The molecule has 1 heterocycles. The molecule has 0 aliphatic heterocycles. The molecule has 0 aliphatic rings. The maximum absolute atomic E-state index is 12.4. The van der Waals surface area contributed by atoms with Crippen LogP contribution in [0.3, 0.4) is 0 Å². The number of carbonyl (C=O) groups is 1. The van der Waals surface area contributed by atoms with E-state index in [0.29, 0.717) is 12.2 Å². The zero-order valence-electron chi connectivity index (χ0n) is 13.1. The topological polar surface area (TPSA) is 43.3 Å². The van der Waals surface area contributed by atoms with E-state index in [0.717, 1.165) is 10.0 Å². The third-order valence-corrected chi connectivity index (χ3v) is 3.65. The van der Waals surface area contributed by atoms with Gasteiger partial charge in [0, 0.05) is 17.2 Å². The minimum atomic E-state index is -4.45. The van der Waals surface area contributed by atoms with Crippen LogP contribution < -0.4 is 10.1 Å². The highest BCUT2D eigenvalue weighted by atomic mass is 79.9. The minimum Gasteiger partial charge on any atom is -0.482 e. The first-order valence-electron chi connectivity index (χ1n) is 7.17. The SMILES string of the molecule is CCn1cc(Br)cc1C(=O)Nc1ccc(C)cc1OCC(F)(F)F. The van der Waals surface area contributed by atoms with Crippen LogP contribution in [0.5, 0.6) is 5.75 Å². The van der Waals surface area contributed by atoms with E-state index in [2.05, 4.69) is 21.2 Å². The fraction of sp³-hybridized carbons (Fsp3) is 0.312. The molecule has 0 radical (unpaired) electrons. The number of benzene rings is 1. The maximum Gasteiger partial charge on any atom is 0.422 e. The largest absolute Gasteiger partial charge is 0.482 e. The second kappa shape index (κ2) is 7.29. The molecular weight excluding hydrogens is 389 g/mol. The summed E-state index contributed by atoms with van der Waals surface area (Å²) in [5.74, 6) is -0.447. The lowest BCUT2D eigenvalue weighted by Crippen LogP contribution is -2.21. The number of nitrogens with zero attached hydrogens (tertiary/aromatic N) is 1. The van der Waals surface area contributed by atoms with Crippen molar-refractivity contribution >= 4 is 27.5 Å². The summed E-state index contributed by atoms with van der Waals surface area (Å²) < 4.78 is 44.4. The predicted octanol–water partition coefficient (Wildman–Crippen LogP) is 4.77. The molecule has 1 N–H and O–H groups in total. The van der Waals surface area contributed by atoms with Gasteiger partial charge in [0.2, 0.25) is 0 Å². The van der Waals surface area contributed by atoms with Crippen LogP contribution in [0, 0.1) is 6.92 Å². The number of ether oxygens (including phenoxy) is 1. The Morgan fingerprint density at radius 1 is 1.33 bits per heavy atom. The molecule has 2 aromatic rings. The van der Waals surface area contributed by atoms with Crippen molar-refractivity contribution in [3.05, 3.63) is 46.2 Å². The Bertz CT molecular complexity index is 741. The van der Waals surface area contributed by atoms with Crippen LogP contribution in [-0.4, -0.2) is 23.3 Å². The van der Waals surface area contributed by atoms with Gasteiger partial charge in [-0.3, -0.25) is 4.79 Å². The van der Waals surface area contributed by atoms with Crippen molar-refractivity contribution in [1.82, 2.24) is 4.57 Å². The number of aromatic nitrogens is 1. The lowest BCUT2D eigenvalue weighted by molar-refractivity contribution is -0.153. The van der Waals surface area contributed by atoms with Gasteiger partial charge in [-0.05, 0) is 53.5 Å². The number of anilines is 1. The lowest BCUT2D eigenvalue weighted by Gasteiger charge is -2.15. The van der Waals surface area contributed by atoms with E-state index >= 15 is 0 Å². The Morgan fingerprint density at radius 3 is 2.67 bits per heavy atom. The smallest absolute Gasteiger partial charge is 0.422 e. The number of carbonyl (C=O) groups excluding carboxylic acids is 1. The van der Waals surface area contributed by atoms with E-state index in [1.807, 2.05) is 6.92 Å². The van der Waals surface area contributed by atoms with Gasteiger partial charge in [-0.2, -0.15) is 13.2 Å². The van der Waals surface area contributed by atoms with Crippen molar-refractivity contribution in [3.8, 4) is 5.75 Å². The van der Waals surface area contributed by atoms with Crippen LogP contribution in [-0.2, 0) is 6.54 Å². The molecule has 1 amide bonds. The molecule has 0 atom stereocenters. The first kappa shape index (κ1) is 18.4. The zero-order valence-corrected chi connectivity index (χ0v) is 14.7. The average Bonchev–Trinajstić information content (AvgIpc) is 2.88. The van der Waals surface area contributed by atoms with Gasteiger partial charge in [-0.25, -0.2) is 0 Å². The third-order valence-electron chi connectivity index (χ3n) is 3.21. The fourth-order valence-electron chi connectivity index (χ4n) is 2.12. The number of rotatable bonds is 5. The van der Waals surface area contributed by atoms with Crippen LogP contribution in [0.2, 0.25) is 0 Å². The highest BCUT2D eigenvalue weighted by molar-refractivity contribution is 9.10. The summed E-state index contributed by atoms with van der Waals surface area (Å²) in [6.07, 6.45) is -2.70. The van der Waals surface area contributed by atoms with Crippen molar-refractivity contribution in [2.75, 3.05) is 11.9 Å². The summed E-state index contributed by atoms with van der Waals surface area (Å²) in [4.78, 5) is 12.4. The van der Waals surface area contributed by atoms with Crippen LogP contribution in [0.25, 0.3) is 0 Å². The molecule has 130 valence electrons. The monoisotopic (exact) mass is 404 g/mol. The van der Waals surface area contributed by atoms with E-state index < -0.39 is 18.7 Å². The molecule has 1 aromatic carbocycles. The number of halogens is 4. The zero-order chi connectivity index (χ0) is 17.9. The molecule has 8 heteroatoms. The molecule has 0 saturated carbocycles. The number of nitrogens with one attached hydrogen (secondary N) is 1. The van der Waals surface area contributed by atoms with Crippen LogP contribution in [0.15, 0.2) is 34.9 Å². The molecule has 24 heavy (non-hydrogen) atoms. The number of amides is 1. The molecule has 0 unspecified atom stereocenters. The molecular formula is C16H16BrF3N2O2. The molecule has 0 spiro atoms. The van der Waals surface area contributed by atoms with Crippen molar-refractivity contribution in [1.29, 1.82) is 0 Å². The van der Waals surface area contributed by atoms with Crippen molar-refractivity contribution in [2.24, 2.45) is 0 Å². The lowest BCUT2D eigenvalue weighted by atomic mass is 10.2. The second-order valence-corrected chi connectivity index (χ2v) is 6.10. The Balaban J connectivity index is 2.23. The number of hydrogen-bond donors (Lipinski definition) is 1. The van der Waals surface area contributed by atoms with Gasteiger partial charge in [-0.15, -0.1) is 0 Å². The fourth-order valence-corrected chi connectivity index (χ4v) is 2.59. The first-order valence-corrected chi connectivity index (χ1v) is 7.96. The molecule has 4 nitrogen and oxygen atoms in total. The van der Waals surface area contributed by atoms with Crippen molar-refractivity contribution in [2.45, 2.75) is 26.6 Å². The van der Waals surface area contributed by atoms with Gasteiger partial charge in [-0.1, -0.05) is 6.07 Å². The first-order chi connectivity index (χ1) is 11.2. The van der Waals surface area contributed by atoms with E-state index in [9.17, 15) is 18.0 Å². The molecule has 1 aromatic heterocycles. The van der Waals surface area contributed by atoms with Gasteiger partial charge >= 0.3 is 6.18 Å². The Kier molecular flexibility index (Phi) is 5.58. The predicted molar refractivity (Wildman–Crippen MR) is 88.5 cm³/mol. The van der Waals surface area contributed by atoms with Gasteiger partial charge in [0.1, 0.15) is 11.4 Å². The van der Waals surface area contributed by atoms with Crippen molar-refractivity contribution < 1.29 is 22.7 Å². The second-order valence-electron chi connectivity index (χ2n) is 5.19. The van der Waals surface area contributed by atoms with Crippen LogP contribution in [0.4, 0.5) is 18.9 Å². The number of hydrogen-bond acceptors (Lipinski definition) is 2. The van der Waals surface area contributed by atoms with Gasteiger partial charge in [0.25, 0.3) is 5.91 Å². The Morgan fingerprint density at radius 2 is 2.04 bits per heavy atom. The standard InChI is InChI=1S/C16H16BrF3N2O2/c1-3-22-8-11(17)7-13(22)15(23)21-12-5-4-10(2)6-14(12)24-9-16(18,19)20/h4-8H,3,9H2,1-2H3,(H,21,23). The normalized spacial score (nSPS) is 11.4. The molecule has 0 aliphatic carbocycles. The van der Waals surface area contributed by atoms with E-state index in [-0.39, 0.29) is 11.4 Å². The summed E-state index contributed by atoms with van der Waals surface area (Å²) in [5, 5.41) is 2.61. The van der Waals surface area contributed by atoms with Crippen molar-refractivity contribution in [3.63, 3.8) is 0 Å². The van der Waals surface area contributed by atoms with Gasteiger partial charge in [0.05, 0.1) is 5.69 Å². The quantitative estimate of drug-likeness (QED) is 0.779. The number of aryl methyl sites for hydroxylation is 2. The van der Waals surface area contributed by atoms with E-state index in [4.69, 9.17) is 4.74 Å². The summed E-state index contributed by atoms with van der Waals surface area (Å²) in [6.45, 7) is 2.77. The molecule has 2 rings (SSSR count). The molecule has 0 fully saturated rings. The Hall–Kier alpha value is -1.96. The summed E-state index contributed by atoms with van der Waals surface area (Å²) in [7, 11) is 0. The van der Waals surface area contributed by atoms with Crippen LogP contribution in [0.1, 0.15) is 23.0 Å². The highest BCUT2D eigenvalue weighted by Crippen LogP contribution is 2.28.